The Kier molecular flexibility index (Phi) is 4.26. The molecular formula is C19H12Cl2FN3O. The molecule has 0 radical (unpaired) electrons. The van der Waals surface area contributed by atoms with Crippen molar-refractivity contribution in [2.75, 3.05) is 10.2 Å². The van der Waals surface area contributed by atoms with E-state index in [9.17, 15) is 9.18 Å². The lowest BCUT2D eigenvalue weighted by atomic mass is 10.1. The van der Waals surface area contributed by atoms with Crippen LogP contribution in [0.4, 0.5) is 15.9 Å². The third kappa shape index (κ3) is 2.89. The number of fused-ring (bicyclic) bond motifs is 1. The molecule has 4 rings (SSSR count). The molecular weight excluding hydrogens is 376 g/mol. The molecule has 2 heterocycles. The lowest BCUT2D eigenvalue weighted by Crippen LogP contribution is -2.32. The maximum absolute atomic E-state index is 13.4. The summed E-state index contributed by atoms with van der Waals surface area (Å²) in [6.45, 7) is 0. The van der Waals surface area contributed by atoms with Crippen molar-refractivity contribution in [1.82, 2.24) is 4.98 Å². The number of halogens is 3. The third-order valence-corrected chi connectivity index (χ3v) is 4.66. The number of hydrogen-bond acceptors (Lipinski definition) is 3. The van der Waals surface area contributed by atoms with E-state index in [0.717, 1.165) is 5.56 Å². The number of nitrogens with one attached hydrogen (secondary N) is 1. The molecule has 7 heteroatoms. The lowest BCUT2D eigenvalue weighted by Gasteiger charge is -2.26. The summed E-state index contributed by atoms with van der Waals surface area (Å²) in [4.78, 5) is 18.7. The van der Waals surface area contributed by atoms with Crippen LogP contribution in [0, 0.1) is 5.82 Å². The van der Waals surface area contributed by atoms with Gasteiger partial charge in [0.15, 0.2) is 0 Å². The number of amides is 1. The maximum Gasteiger partial charge on any atom is 0.261 e. The van der Waals surface area contributed by atoms with Gasteiger partial charge in [-0.1, -0.05) is 41.4 Å². The number of nitrogens with zero attached hydrogens (tertiary/aromatic N) is 2. The number of anilines is 2. The molecule has 130 valence electrons. The fraction of sp³-hybridized carbons (Fsp3) is 0.0526. The SMILES string of the molecule is O=C1c2ccccc2C(Nc2ccc(F)c(Cl)c2)N1c1ccc(Cl)cn1. The average Bonchev–Trinajstić information content (AvgIpc) is 2.92. The topological polar surface area (TPSA) is 45.2 Å². The van der Waals surface area contributed by atoms with Crippen LogP contribution in [0.15, 0.2) is 60.8 Å². The van der Waals surface area contributed by atoms with Crippen LogP contribution in [-0.4, -0.2) is 10.9 Å². The van der Waals surface area contributed by atoms with Gasteiger partial charge in [0.2, 0.25) is 0 Å². The summed E-state index contributed by atoms with van der Waals surface area (Å²) in [6.07, 6.45) is 0.979. The molecule has 0 bridgehead atoms. The van der Waals surface area contributed by atoms with Crippen LogP contribution in [0.3, 0.4) is 0 Å². The van der Waals surface area contributed by atoms with E-state index >= 15 is 0 Å². The molecule has 0 saturated carbocycles. The summed E-state index contributed by atoms with van der Waals surface area (Å²) < 4.78 is 13.4. The first kappa shape index (κ1) is 16.8. The molecule has 1 atom stereocenters. The lowest BCUT2D eigenvalue weighted by molar-refractivity contribution is 0.0992. The zero-order valence-electron chi connectivity index (χ0n) is 13.3. The van der Waals surface area contributed by atoms with Gasteiger partial charge in [-0.05, 0) is 36.4 Å². The second-order valence-electron chi connectivity index (χ2n) is 5.77. The van der Waals surface area contributed by atoms with Gasteiger partial charge in [0.1, 0.15) is 17.8 Å². The van der Waals surface area contributed by atoms with E-state index in [2.05, 4.69) is 10.3 Å². The zero-order valence-corrected chi connectivity index (χ0v) is 14.8. The molecule has 1 aromatic heterocycles. The fourth-order valence-electron chi connectivity index (χ4n) is 2.95. The van der Waals surface area contributed by atoms with Gasteiger partial charge in [-0.15, -0.1) is 0 Å². The average molecular weight is 388 g/mol. The number of benzene rings is 2. The highest BCUT2D eigenvalue weighted by molar-refractivity contribution is 6.31. The fourth-order valence-corrected chi connectivity index (χ4v) is 3.24. The summed E-state index contributed by atoms with van der Waals surface area (Å²) in [5.41, 5.74) is 1.97. The first-order chi connectivity index (χ1) is 12.5. The van der Waals surface area contributed by atoms with Crippen LogP contribution < -0.4 is 10.2 Å². The summed E-state index contributed by atoms with van der Waals surface area (Å²) in [6, 6.07) is 15.0. The first-order valence-corrected chi connectivity index (χ1v) is 8.56. The summed E-state index contributed by atoms with van der Waals surface area (Å²) in [5, 5.41) is 3.72. The summed E-state index contributed by atoms with van der Waals surface area (Å²) >= 11 is 11.8. The normalized spacial score (nSPS) is 15.9. The van der Waals surface area contributed by atoms with Gasteiger partial charge in [0.05, 0.1) is 10.0 Å². The van der Waals surface area contributed by atoms with Gasteiger partial charge >= 0.3 is 0 Å². The molecule has 1 aliphatic heterocycles. The minimum Gasteiger partial charge on any atom is -0.361 e. The standard InChI is InChI=1S/C19H12Cl2FN3O/c20-11-5-8-17(23-10-11)25-18(13-3-1-2-4-14(13)19(25)26)24-12-6-7-16(22)15(21)9-12/h1-10,18,24H. The maximum atomic E-state index is 13.4. The van der Waals surface area contributed by atoms with Crippen molar-refractivity contribution in [1.29, 1.82) is 0 Å². The Hall–Kier alpha value is -2.63. The molecule has 4 nitrogen and oxygen atoms in total. The van der Waals surface area contributed by atoms with Gasteiger partial charge in [-0.2, -0.15) is 0 Å². The van der Waals surface area contributed by atoms with E-state index < -0.39 is 12.0 Å². The minimum absolute atomic E-state index is 0.00350. The Labute approximate surface area is 159 Å². The number of hydrogen-bond donors (Lipinski definition) is 1. The van der Waals surface area contributed by atoms with Crippen LogP contribution in [0.25, 0.3) is 0 Å². The van der Waals surface area contributed by atoms with Crippen LogP contribution in [-0.2, 0) is 0 Å². The van der Waals surface area contributed by atoms with Gasteiger partial charge in [0, 0.05) is 23.0 Å². The van der Waals surface area contributed by atoms with E-state index in [4.69, 9.17) is 23.2 Å². The number of pyridine rings is 1. The highest BCUT2D eigenvalue weighted by Crippen LogP contribution is 2.37. The largest absolute Gasteiger partial charge is 0.361 e. The Morgan fingerprint density at radius 1 is 1.08 bits per heavy atom. The van der Waals surface area contributed by atoms with E-state index in [0.29, 0.717) is 22.1 Å². The molecule has 0 aliphatic carbocycles. The quantitative estimate of drug-likeness (QED) is 0.663. The number of rotatable bonds is 3. The zero-order chi connectivity index (χ0) is 18.3. The molecule has 1 amide bonds. The third-order valence-electron chi connectivity index (χ3n) is 4.14. The summed E-state index contributed by atoms with van der Waals surface area (Å²) in [5.74, 6) is -0.223. The highest BCUT2D eigenvalue weighted by atomic mass is 35.5. The highest BCUT2D eigenvalue weighted by Gasteiger charge is 2.38. The van der Waals surface area contributed by atoms with Gasteiger partial charge in [-0.25, -0.2) is 9.37 Å². The molecule has 0 fully saturated rings. The molecule has 0 spiro atoms. The van der Waals surface area contributed by atoms with Crippen LogP contribution in [0.1, 0.15) is 22.1 Å². The van der Waals surface area contributed by atoms with Crippen LogP contribution >= 0.6 is 23.2 Å². The Bertz CT molecular complexity index is 994. The molecule has 1 unspecified atom stereocenters. The van der Waals surface area contributed by atoms with Crippen molar-refractivity contribution >= 4 is 40.6 Å². The van der Waals surface area contributed by atoms with Gasteiger partial charge in [-0.3, -0.25) is 9.69 Å². The van der Waals surface area contributed by atoms with Crippen LogP contribution in [0.2, 0.25) is 10.0 Å². The molecule has 26 heavy (non-hydrogen) atoms. The van der Waals surface area contributed by atoms with Crippen molar-refractivity contribution < 1.29 is 9.18 Å². The van der Waals surface area contributed by atoms with Gasteiger partial charge < -0.3 is 5.32 Å². The first-order valence-electron chi connectivity index (χ1n) is 7.80. The van der Waals surface area contributed by atoms with E-state index in [-0.39, 0.29) is 10.9 Å². The Morgan fingerprint density at radius 3 is 2.62 bits per heavy atom. The predicted octanol–water partition coefficient (Wildman–Crippen LogP) is 5.30. The number of aromatic nitrogens is 1. The van der Waals surface area contributed by atoms with E-state index in [1.54, 1.807) is 30.3 Å². The molecule has 0 saturated heterocycles. The molecule has 1 aliphatic rings. The molecule has 3 aromatic rings. The molecule has 1 N–H and O–H groups in total. The number of carbonyl (C=O) groups excluding carboxylic acids is 1. The predicted molar refractivity (Wildman–Crippen MR) is 100 cm³/mol. The Morgan fingerprint density at radius 2 is 1.88 bits per heavy atom. The number of carbonyl (C=O) groups is 1. The smallest absolute Gasteiger partial charge is 0.261 e. The van der Waals surface area contributed by atoms with E-state index in [1.165, 1.54) is 23.2 Å². The van der Waals surface area contributed by atoms with Crippen LogP contribution in [0.5, 0.6) is 0 Å². The van der Waals surface area contributed by atoms with E-state index in [1.807, 2.05) is 12.1 Å². The second-order valence-corrected chi connectivity index (χ2v) is 6.62. The minimum atomic E-state index is -0.506. The molecule has 2 aromatic carbocycles. The van der Waals surface area contributed by atoms with Gasteiger partial charge in [0.25, 0.3) is 5.91 Å². The van der Waals surface area contributed by atoms with Crippen molar-refractivity contribution in [3.05, 3.63) is 87.8 Å². The second kappa shape index (κ2) is 6.59. The Balaban J connectivity index is 1.77. The van der Waals surface area contributed by atoms with Crippen molar-refractivity contribution in [3.8, 4) is 0 Å². The van der Waals surface area contributed by atoms with Crippen molar-refractivity contribution in [3.63, 3.8) is 0 Å². The summed E-state index contributed by atoms with van der Waals surface area (Å²) in [7, 11) is 0. The van der Waals surface area contributed by atoms with Crippen molar-refractivity contribution in [2.45, 2.75) is 6.17 Å². The van der Waals surface area contributed by atoms with Crippen molar-refractivity contribution in [2.24, 2.45) is 0 Å². The monoisotopic (exact) mass is 387 g/mol.